The van der Waals surface area contributed by atoms with Crippen LogP contribution in [0, 0.1) is 0 Å². The van der Waals surface area contributed by atoms with Crippen LogP contribution in [0.15, 0.2) is 64.2 Å². The fourth-order valence-electron chi connectivity index (χ4n) is 2.29. The van der Waals surface area contributed by atoms with E-state index in [0.717, 1.165) is 28.4 Å². The minimum absolute atomic E-state index is 0.243. The molecule has 2 aromatic carbocycles. The van der Waals surface area contributed by atoms with Gasteiger partial charge >= 0.3 is 10.6 Å². The predicted octanol–water partition coefficient (Wildman–Crippen LogP) is 2.18. The van der Waals surface area contributed by atoms with E-state index in [0.29, 0.717) is 13.1 Å². The number of hydrogen-bond acceptors (Lipinski definition) is 4. The summed E-state index contributed by atoms with van der Waals surface area (Å²) in [5, 5.41) is 0. The van der Waals surface area contributed by atoms with Crippen molar-refractivity contribution in [2.75, 3.05) is 7.11 Å². The third-order valence-electron chi connectivity index (χ3n) is 3.52. The Labute approximate surface area is 137 Å². The fraction of sp³-hybridized carbons (Fsp3) is 0.176. The molecular formula is C17H16N2O3S. The van der Waals surface area contributed by atoms with Crippen molar-refractivity contribution >= 4 is 11.5 Å². The van der Waals surface area contributed by atoms with Crippen LogP contribution in [0.25, 0.3) is 0 Å². The largest absolute Gasteiger partial charge is 0.497 e. The van der Waals surface area contributed by atoms with Crippen LogP contribution in [0.5, 0.6) is 5.75 Å². The maximum atomic E-state index is 12.4. The average Bonchev–Trinajstić information content (AvgIpc) is 2.84. The van der Waals surface area contributed by atoms with E-state index < -0.39 is 0 Å². The van der Waals surface area contributed by atoms with Gasteiger partial charge in [-0.3, -0.25) is 4.79 Å². The zero-order chi connectivity index (χ0) is 16.2. The van der Waals surface area contributed by atoms with Gasteiger partial charge in [0.15, 0.2) is 0 Å². The van der Waals surface area contributed by atoms with Gasteiger partial charge in [0.2, 0.25) is 0 Å². The number of ether oxygens (including phenoxy) is 1. The highest BCUT2D eigenvalue weighted by Crippen LogP contribution is 2.12. The van der Waals surface area contributed by atoms with E-state index in [1.165, 1.54) is 8.52 Å². The van der Waals surface area contributed by atoms with Crippen molar-refractivity contribution in [3.8, 4) is 5.75 Å². The molecule has 0 unspecified atom stereocenters. The van der Waals surface area contributed by atoms with Crippen LogP contribution in [0.1, 0.15) is 11.1 Å². The Hall–Kier alpha value is -2.60. The van der Waals surface area contributed by atoms with Gasteiger partial charge in [0.25, 0.3) is 0 Å². The molecule has 0 radical (unpaired) electrons. The van der Waals surface area contributed by atoms with Crippen molar-refractivity contribution in [1.29, 1.82) is 0 Å². The zero-order valence-corrected chi connectivity index (χ0v) is 13.5. The van der Waals surface area contributed by atoms with E-state index in [2.05, 4.69) is 0 Å². The number of methoxy groups -OCH3 is 1. The molecule has 0 saturated carbocycles. The summed E-state index contributed by atoms with van der Waals surface area (Å²) < 4.78 is 7.86. The van der Waals surface area contributed by atoms with E-state index >= 15 is 0 Å². The van der Waals surface area contributed by atoms with Crippen LogP contribution in [0.3, 0.4) is 0 Å². The van der Waals surface area contributed by atoms with Crippen LogP contribution in [0.2, 0.25) is 0 Å². The minimum atomic E-state index is -0.278. The summed E-state index contributed by atoms with van der Waals surface area (Å²) in [4.78, 5) is 24.3. The second-order valence-corrected chi connectivity index (χ2v) is 6.07. The molecule has 118 valence electrons. The molecule has 0 aliphatic carbocycles. The summed E-state index contributed by atoms with van der Waals surface area (Å²) in [5.41, 5.74) is 1.60. The molecule has 0 bridgehead atoms. The van der Waals surface area contributed by atoms with Gasteiger partial charge in [0.05, 0.1) is 20.2 Å². The molecule has 0 aliphatic rings. The summed E-state index contributed by atoms with van der Waals surface area (Å²) in [5.74, 6) is 0.760. The predicted molar refractivity (Wildman–Crippen MR) is 90.5 cm³/mol. The summed E-state index contributed by atoms with van der Waals surface area (Å²) in [6, 6.07) is 16.9. The maximum absolute atomic E-state index is 12.4. The molecule has 3 rings (SSSR count). The Morgan fingerprint density at radius 3 is 2.22 bits per heavy atom. The van der Waals surface area contributed by atoms with Crippen LogP contribution < -0.4 is 15.3 Å². The molecule has 0 spiro atoms. The van der Waals surface area contributed by atoms with E-state index in [1.807, 2.05) is 54.6 Å². The van der Waals surface area contributed by atoms with Crippen molar-refractivity contribution in [3.63, 3.8) is 0 Å². The van der Waals surface area contributed by atoms with E-state index in [1.54, 1.807) is 7.11 Å². The average molecular weight is 328 g/mol. The molecular weight excluding hydrogens is 312 g/mol. The molecule has 0 atom stereocenters. The Kier molecular flexibility index (Phi) is 4.43. The van der Waals surface area contributed by atoms with E-state index in [4.69, 9.17) is 4.74 Å². The normalized spacial score (nSPS) is 10.7. The van der Waals surface area contributed by atoms with E-state index in [9.17, 15) is 9.59 Å². The monoisotopic (exact) mass is 328 g/mol. The lowest BCUT2D eigenvalue weighted by Gasteiger charge is -2.03. The Balaban J connectivity index is 1.85. The number of rotatable bonds is 5. The lowest BCUT2D eigenvalue weighted by Crippen LogP contribution is -2.29. The molecule has 0 amide bonds. The first-order valence-corrected chi connectivity index (χ1v) is 7.92. The van der Waals surface area contributed by atoms with Gasteiger partial charge in [0, 0.05) is 11.5 Å². The van der Waals surface area contributed by atoms with Gasteiger partial charge in [-0.15, -0.1) is 0 Å². The molecule has 6 heteroatoms. The van der Waals surface area contributed by atoms with Crippen LogP contribution >= 0.6 is 11.5 Å². The van der Waals surface area contributed by atoms with E-state index in [-0.39, 0.29) is 10.6 Å². The molecule has 1 aromatic heterocycles. The van der Waals surface area contributed by atoms with Crippen molar-refractivity contribution in [1.82, 2.24) is 8.52 Å². The van der Waals surface area contributed by atoms with Crippen molar-refractivity contribution < 1.29 is 4.74 Å². The summed E-state index contributed by atoms with van der Waals surface area (Å²) in [6.45, 7) is 0.676. The smallest absolute Gasteiger partial charge is 0.341 e. The highest BCUT2D eigenvalue weighted by Gasteiger charge is 2.11. The quantitative estimate of drug-likeness (QED) is 0.721. The first-order valence-electron chi connectivity index (χ1n) is 7.15. The topological polar surface area (TPSA) is 53.2 Å². The third-order valence-corrected chi connectivity index (χ3v) is 4.40. The van der Waals surface area contributed by atoms with Crippen molar-refractivity contribution in [2.24, 2.45) is 0 Å². The lowest BCUT2D eigenvalue weighted by atomic mass is 10.2. The van der Waals surface area contributed by atoms with Crippen LogP contribution in [0.4, 0.5) is 0 Å². The standard InChI is InChI=1S/C17H16N2O3S/c1-22-15-9-7-14(8-10-15)12-19-16(20)18(17(21)23-19)11-13-5-3-2-4-6-13/h2-10H,11-12H2,1H3. The second-order valence-electron chi connectivity index (χ2n) is 5.10. The third kappa shape index (κ3) is 3.43. The summed E-state index contributed by atoms with van der Waals surface area (Å²) in [6.07, 6.45) is 0. The molecule has 0 saturated heterocycles. The first kappa shape index (κ1) is 15.3. The van der Waals surface area contributed by atoms with Gasteiger partial charge in [-0.25, -0.2) is 13.3 Å². The summed E-state index contributed by atoms with van der Waals surface area (Å²) in [7, 11) is 1.61. The maximum Gasteiger partial charge on any atom is 0.341 e. The number of benzene rings is 2. The molecule has 5 nitrogen and oxygen atoms in total. The zero-order valence-electron chi connectivity index (χ0n) is 12.6. The molecule has 1 heterocycles. The highest BCUT2D eigenvalue weighted by molar-refractivity contribution is 7.03. The van der Waals surface area contributed by atoms with Crippen LogP contribution in [-0.2, 0) is 13.1 Å². The van der Waals surface area contributed by atoms with Gasteiger partial charge in [-0.2, -0.15) is 0 Å². The van der Waals surface area contributed by atoms with Crippen molar-refractivity contribution in [3.05, 3.63) is 85.9 Å². The van der Waals surface area contributed by atoms with Gasteiger partial charge in [-0.05, 0) is 23.3 Å². The minimum Gasteiger partial charge on any atom is -0.497 e. The number of hydrogen-bond donors (Lipinski definition) is 0. The van der Waals surface area contributed by atoms with Gasteiger partial charge in [-0.1, -0.05) is 42.5 Å². The van der Waals surface area contributed by atoms with Gasteiger partial charge < -0.3 is 4.74 Å². The highest BCUT2D eigenvalue weighted by atomic mass is 32.1. The van der Waals surface area contributed by atoms with Crippen LogP contribution in [-0.4, -0.2) is 15.6 Å². The number of nitrogens with zero attached hydrogens (tertiary/aromatic N) is 2. The molecule has 3 aromatic rings. The SMILES string of the molecule is COc1ccc(Cn2sc(=O)n(Cc3ccccc3)c2=O)cc1. The fourth-order valence-corrected chi connectivity index (χ4v) is 3.11. The first-order chi connectivity index (χ1) is 11.2. The lowest BCUT2D eigenvalue weighted by molar-refractivity contribution is 0.414. The second kappa shape index (κ2) is 6.66. The Bertz CT molecular complexity index is 892. The number of aromatic nitrogens is 2. The summed E-state index contributed by atoms with van der Waals surface area (Å²) >= 11 is 0.945. The molecule has 0 fully saturated rings. The Morgan fingerprint density at radius 2 is 1.57 bits per heavy atom. The Morgan fingerprint density at radius 1 is 0.913 bits per heavy atom. The van der Waals surface area contributed by atoms with Gasteiger partial charge in [0.1, 0.15) is 5.75 Å². The van der Waals surface area contributed by atoms with Crippen molar-refractivity contribution in [2.45, 2.75) is 13.1 Å². The molecule has 23 heavy (non-hydrogen) atoms. The molecule has 0 aliphatic heterocycles. The molecule has 0 N–H and O–H groups in total.